The van der Waals surface area contributed by atoms with Gasteiger partial charge in [0.05, 0.1) is 10.4 Å². The molecule has 24 heavy (non-hydrogen) atoms. The Labute approximate surface area is 150 Å². The molecule has 0 aromatic heterocycles. The number of hydrogen-bond acceptors (Lipinski definition) is 1. The molecule has 0 spiro atoms. The number of allylic oxidation sites excluding steroid dienone is 3. The van der Waals surface area contributed by atoms with Gasteiger partial charge in [0, 0.05) is 15.3 Å². The first-order chi connectivity index (χ1) is 10.4. The highest BCUT2D eigenvalue weighted by Crippen LogP contribution is 2.57. The van der Waals surface area contributed by atoms with Crippen LogP contribution in [0.1, 0.15) is 6.92 Å². The molecule has 0 amide bonds. The first-order valence-corrected chi connectivity index (χ1v) is 8.14. The van der Waals surface area contributed by atoms with E-state index in [0.717, 1.165) is 0 Å². The van der Waals surface area contributed by atoms with Gasteiger partial charge in [0.2, 0.25) is 0 Å². The van der Waals surface area contributed by atoms with Crippen LogP contribution in [-0.4, -0.2) is 28.4 Å². The number of rotatable bonds is 3. The predicted octanol–water partition coefficient (Wildman–Crippen LogP) is 6.98. The molecule has 0 aromatic carbocycles. The van der Waals surface area contributed by atoms with E-state index in [1.165, 1.54) is 6.92 Å². The van der Waals surface area contributed by atoms with Crippen LogP contribution in [0.15, 0.2) is 21.0 Å². The highest BCUT2D eigenvalue weighted by Gasteiger charge is 2.74. The first-order valence-electron chi connectivity index (χ1n) is 5.61. The maximum Gasteiger partial charge on any atom is 0.460 e. The lowest BCUT2D eigenvalue weighted by Gasteiger charge is -2.32. The SMILES string of the molecule is C[C]1C(Br)=CC(SC(F)(F)C(F)(F)C(F)(F)F)=C(C(F)(F)F)C1Br. The molecule has 0 heterocycles. The Balaban J connectivity index is 3.44. The molecule has 1 rings (SSSR count). The van der Waals surface area contributed by atoms with Gasteiger partial charge in [-0.15, -0.1) is 0 Å². The van der Waals surface area contributed by atoms with E-state index in [-0.39, 0.29) is 10.4 Å². The van der Waals surface area contributed by atoms with Crippen molar-refractivity contribution in [1.29, 1.82) is 0 Å². The summed E-state index contributed by atoms with van der Waals surface area (Å²) >= 11 is 3.84. The van der Waals surface area contributed by atoms with Gasteiger partial charge in [-0.1, -0.05) is 38.8 Å². The Morgan fingerprint density at radius 3 is 1.79 bits per heavy atom. The summed E-state index contributed by atoms with van der Waals surface area (Å²) in [4.78, 5) is -3.13. The van der Waals surface area contributed by atoms with Gasteiger partial charge in [0.15, 0.2) is 0 Å². The second kappa shape index (κ2) is 6.67. The van der Waals surface area contributed by atoms with Crippen molar-refractivity contribution in [3.63, 3.8) is 0 Å². The van der Waals surface area contributed by atoms with Gasteiger partial charge in [-0.25, -0.2) is 0 Å². The molecular weight excluding hydrogens is 514 g/mol. The van der Waals surface area contributed by atoms with Gasteiger partial charge in [-0.2, -0.15) is 43.9 Å². The molecule has 1 atom stereocenters. The van der Waals surface area contributed by atoms with Crippen molar-refractivity contribution in [3.05, 3.63) is 27.0 Å². The van der Waals surface area contributed by atoms with Crippen molar-refractivity contribution in [3.8, 4) is 0 Å². The van der Waals surface area contributed by atoms with Crippen LogP contribution in [0.2, 0.25) is 0 Å². The fourth-order valence-corrected chi connectivity index (χ4v) is 4.37. The second-order valence-electron chi connectivity index (χ2n) is 4.50. The summed E-state index contributed by atoms with van der Waals surface area (Å²) in [6.45, 7) is 1.19. The average Bonchev–Trinajstić information content (AvgIpc) is 2.32. The summed E-state index contributed by atoms with van der Waals surface area (Å²) in [6, 6.07) is 0. The molecule has 0 fully saturated rings. The first kappa shape index (κ1) is 22.1. The molecule has 1 radical (unpaired) electrons. The smallest absolute Gasteiger partial charge is 0.188 e. The van der Waals surface area contributed by atoms with Gasteiger partial charge >= 0.3 is 23.5 Å². The van der Waals surface area contributed by atoms with E-state index in [1.54, 1.807) is 0 Å². The number of thioether (sulfide) groups is 1. The van der Waals surface area contributed by atoms with Crippen molar-refractivity contribution in [1.82, 2.24) is 0 Å². The van der Waals surface area contributed by atoms with Gasteiger partial charge in [0.1, 0.15) is 0 Å². The lowest BCUT2D eigenvalue weighted by Crippen LogP contribution is -2.50. The average molecular weight is 519 g/mol. The van der Waals surface area contributed by atoms with E-state index in [2.05, 4.69) is 31.9 Å². The fourth-order valence-electron chi connectivity index (χ4n) is 1.50. The van der Waals surface area contributed by atoms with Crippen LogP contribution < -0.4 is 0 Å². The van der Waals surface area contributed by atoms with Crippen LogP contribution in [0.4, 0.5) is 43.9 Å². The molecular formula is C11H5Br2F10S. The van der Waals surface area contributed by atoms with Crippen molar-refractivity contribution < 1.29 is 43.9 Å². The van der Waals surface area contributed by atoms with Gasteiger partial charge in [-0.3, -0.25) is 0 Å². The largest absolute Gasteiger partial charge is 0.460 e. The Hall–Kier alpha value is 0.0900. The summed E-state index contributed by atoms with van der Waals surface area (Å²) in [6.07, 6.45) is -11.4. The molecule has 1 aliphatic carbocycles. The molecule has 13 heteroatoms. The Morgan fingerprint density at radius 1 is 0.958 bits per heavy atom. The van der Waals surface area contributed by atoms with Gasteiger partial charge in [-0.05, 0) is 17.8 Å². The molecule has 0 N–H and O–H groups in total. The van der Waals surface area contributed by atoms with E-state index >= 15 is 0 Å². The third kappa shape index (κ3) is 4.08. The summed E-state index contributed by atoms with van der Waals surface area (Å²) in [5, 5.41) is -5.85. The van der Waals surface area contributed by atoms with Crippen LogP contribution in [0.5, 0.6) is 0 Å². The van der Waals surface area contributed by atoms with Crippen LogP contribution in [0, 0.1) is 5.92 Å². The number of hydrogen-bond donors (Lipinski definition) is 0. The molecule has 0 bridgehead atoms. The predicted molar refractivity (Wildman–Crippen MR) is 75.3 cm³/mol. The maximum absolute atomic E-state index is 13.4. The summed E-state index contributed by atoms with van der Waals surface area (Å²) < 4.78 is 128. The normalized spacial score (nSPS) is 22.0. The minimum atomic E-state index is -6.63. The topological polar surface area (TPSA) is 0 Å². The maximum atomic E-state index is 13.4. The van der Waals surface area contributed by atoms with Crippen LogP contribution in [0.3, 0.4) is 0 Å². The van der Waals surface area contributed by atoms with Crippen molar-refractivity contribution in [2.45, 2.75) is 35.3 Å². The second-order valence-corrected chi connectivity index (χ2v) is 7.43. The van der Waals surface area contributed by atoms with E-state index in [0.29, 0.717) is 6.08 Å². The zero-order valence-electron chi connectivity index (χ0n) is 11.1. The van der Waals surface area contributed by atoms with Gasteiger partial charge < -0.3 is 0 Å². The summed E-state index contributed by atoms with van der Waals surface area (Å²) in [5.41, 5.74) is -1.69. The van der Waals surface area contributed by atoms with Crippen LogP contribution >= 0.6 is 43.6 Å². The van der Waals surface area contributed by atoms with E-state index in [4.69, 9.17) is 0 Å². The van der Waals surface area contributed by atoms with Gasteiger partial charge in [0.25, 0.3) is 0 Å². The molecule has 0 aromatic rings. The zero-order valence-corrected chi connectivity index (χ0v) is 15.1. The fraction of sp³-hybridized carbons (Fsp3) is 0.545. The molecule has 1 aliphatic rings. The van der Waals surface area contributed by atoms with Crippen molar-refractivity contribution in [2.75, 3.05) is 0 Å². The quantitative estimate of drug-likeness (QED) is 0.287. The zero-order chi connectivity index (χ0) is 19.3. The Kier molecular flexibility index (Phi) is 6.15. The van der Waals surface area contributed by atoms with E-state index in [9.17, 15) is 43.9 Å². The lowest BCUT2D eigenvalue weighted by molar-refractivity contribution is -0.330. The van der Waals surface area contributed by atoms with Crippen molar-refractivity contribution >= 4 is 43.6 Å². The number of halogens is 12. The van der Waals surface area contributed by atoms with Crippen LogP contribution in [0.25, 0.3) is 0 Å². The van der Waals surface area contributed by atoms with E-state index in [1.807, 2.05) is 0 Å². The molecule has 0 saturated heterocycles. The molecule has 0 aliphatic heterocycles. The standard InChI is InChI=1S/C11H5Br2F10S/c1-3-4(12)2-5(6(7(3)13)8(14,15)16)24-11(22,23)9(17,18)10(19,20)21/h2,7H,1H3. The van der Waals surface area contributed by atoms with E-state index < -0.39 is 50.6 Å². The summed E-state index contributed by atoms with van der Waals surface area (Å²) in [5.74, 6) is -6.54. The lowest BCUT2D eigenvalue weighted by atomic mass is 9.95. The molecule has 139 valence electrons. The summed E-state index contributed by atoms with van der Waals surface area (Å²) in [7, 11) is 0. The minimum absolute atomic E-state index is 0.0161. The highest BCUT2D eigenvalue weighted by molar-refractivity contribution is 9.12. The molecule has 0 nitrogen and oxygen atoms in total. The monoisotopic (exact) mass is 517 g/mol. The molecule has 1 unspecified atom stereocenters. The third-order valence-corrected chi connectivity index (χ3v) is 5.87. The third-order valence-electron chi connectivity index (χ3n) is 2.80. The van der Waals surface area contributed by atoms with Crippen LogP contribution in [-0.2, 0) is 0 Å². The number of alkyl halides is 11. The van der Waals surface area contributed by atoms with Crippen molar-refractivity contribution in [2.24, 2.45) is 0 Å². The highest BCUT2D eigenvalue weighted by atomic mass is 79.9. The Morgan fingerprint density at radius 2 is 1.42 bits per heavy atom. The molecule has 0 saturated carbocycles. The Bertz CT molecular complexity index is 560. The minimum Gasteiger partial charge on any atom is -0.188 e.